The van der Waals surface area contributed by atoms with Crippen LogP contribution in [-0.2, 0) is 4.79 Å². The van der Waals surface area contributed by atoms with E-state index in [0.29, 0.717) is 6.42 Å². The third kappa shape index (κ3) is 35.9. The minimum absolute atomic E-state index is 0.255. The molecule has 3 nitrogen and oxygen atoms in total. The Morgan fingerprint density at radius 2 is 0.538 bits per heavy atom. The van der Waals surface area contributed by atoms with Gasteiger partial charge in [0.15, 0.2) is 0 Å². The molecule has 0 aromatic rings. The van der Waals surface area contributed by atoms with Gasteiger partial charge in [0.2, 0.25) is 5.91 Å². The van der Waals surface area contributed by atoms with Crippen LogP contribution in [0.25, 0.3) is 0 Å². The highest BCUT2D eigenvalue weighted by molar-refractivity contribution is 9.09. The Morgan fingerprint density at radius 1 is 0.359 bits per heavy atom. The van der Waals surface area contributed by atoms with Gasteiger partial charge in [-0.05, 0) is 12.8 Å². The van der Waals surface area contributed by atoms with Crippen LogP contribution in [0.1, 0.15) is 212 Å². The second kappa shape index (κ2) is 35.9. The lowest BCUT2D eigenvalue weighted by Crippen LogP contribution is -2.17. The van der Waals surface area contributed by atoms with Gasteiger partial charge in [0.1, 0.15) is 0 Å². The Bertz CT molecular complexity index is 460. The molecule has 2 N–H and O–H groups in total. The molecule has 0 atom stereocenters. The maximum absolute atomic E-state index is 10.9. The third-order valence-corrected chi connectivity index (χ3v) is 8.97. The van der Waals surface area contributed by atoms with Crippen LogP contribution in [0.2, 0.25) is 0 Å². The number of alkyl halides is 1. The van der Waals surface area contributed by atoms with Crippen LogP contribution in [-0.4, -0.2) is 16.4 Å². The monoisotopic (exact) mass is 615 g/mol. The number of unbranched alkanes of at least 4 members (excludes halogenated alkanes) is 31. The van der Waals surface area contributed by atoms with Crippen LogP contribution in [0.4, 0.5) is 0 Å². The first-order valence-corrected chi connectivity index (χ1v) is 18.9. The lowest BCUT2D eigenvalue weighted by Gasteiger charge is -2.05. The maximum atomic E-state index is 10.9. The van der Waals surface area contributed by atoms with Crippen molar-refractivity contribution in [3.05, 3.63) is 0 Å². The molecule has 39 heavy (non-hydrogen) atoms. The number of hydrogen-bond acceptors (Lipinski definition) is 2. The number of hydroxylamine groups is 1. The summed E-state index contributed by atoms with van der Waals surface area (Å²) in [6.45, 7) is 0. The molecule has 0 spiro atoms. The van der Waals surface area contributed by atoms with Gasteiger partial charge in [-0.2, -0.15) is 0 Å². The molecule has 0 saturated heterocycles. The van der Waals surface area contributed by atoms with Gasteiger partial charge in [-0.25, -0.2) is 5.48 Å². The van der Waals surface area contributed by atoms with Crippen molar-refractivity contribution >= 4 is 21.8 Å². The van der Waals surface area contributed by atoms with Crippen LogP contribution >= 0.6 is 15.9 Å². The van der Waals surface area contributed by atoms with E-state index in [1.807, 2.05) is 0 Å². The zero-order valence-corrected chi connectivity index (χ0v) is 27.9. The summed E-state index contributed by atoms with van der Waals surface area (Å²) in [6, 6.07) is 0. The number of halogens is 1. The molecule has 0 heterocycles. The second-order valence-corrected chi connectivity index (χ2v) is 13.1. The third-order valence-electron chi connectivity index (χ3n) is 8.41. The standard InChI is InChI=1S/C35H70BrNO2/c36-34-32-30-28-26-24-22-20-18-16-14-12-10-8-6-4-2-1-3-5-7-9-11-13-15-17-19-21-23-25-27-29-31-33-35(38)37-39/h39H,1-34H2,(H,37,38). The highest BCUT2D eigenvalue weighted by Gasteiger charge is 1.99. The SMILES string of the molecule is O=C(CCCCCCCCCCCCCCCCCCCCCCCCCCCCCCCCCCBr)NO. The Balaban J connectivity index is 3.03. The first kappa shape index (κ1) is 38.9. The van der Waals surface area contributed by atoms with Gasteiger partial charge in [-0.1, -0.05) is 209 Å². The number of carbonyl (C=O) groups is 1. The van der Waals surface area contributed by atoms with Crippen LogP contribution in [0, 0.1) is 0 Å². The maximum Gasteiger partial charge on any atom is 0.243 e. The van der Waals surface area contributed by atoms with E-state index in [-0.39, 0.29) is 5.91 Å². The normalized spacial score (nSPS) is 11.3. The van der Waals surface area contributed by atoms with Gasteiger partial charge >= 0.3 is 0 Å². The van der Waals surface area contributed by atoms with Crippen molar-refractivity contribution in [1.29, 1.82) is 0 Å². The van der Waals surface area contributed by atoms with Crippen molar-refractivity contribution in [2.24, 2.45) is 0 Å². The van der Waals surface area contributed by atoms with Gasteiger partial charge in [-0.3, -0.25) is 10.0 Å². The summed E-state index contributed by atoms with van der Waals surface area (Å²) >= 11 is 3.52. The topological polar surface area (TPSA) is 49.3 Å². The average molecular weight is 617 g/mol. The molecule has 0 aliphatic carbocycles. The van der Waals surface area contributed by atoms with Gasteiger partial charge in [0.25, 0.3) is 0 Å². The lowest BCUT2D eigenvalue weighted by atomic mass is 10.0. The summed E-state index contributed by atoms with van der Waals surface area (Å²) in [7, 11) is 0. The first-order valence-electron chi connectivity index (χ1n) is 17.8. The van der Waals surface area contributed by atoms with E-state index in [4.69, 9.17) is 5.21 Å². The molecule has 234 valence electrons. The molecule has 0 aliphatic rings. The van der Waals surface area contributed by atoms with Crippen molar-refractivity contribution < 1.29 is 10.0 Å². The van der Waals surface area contributed by atoms with Crippen LogP contribution < -0.4 is 5.48 Å². The van der Waals surface area contributed by atoms with E-state index in [0.717, 1.165) is 12.8 Å². The number of nitrogens with one attached hydrogen (secondary N) is 1. The predicted molar refractivity (Wildman–Crippen MR) is 176 cm³/mol. The van der Waals surface area contributed by atoms with E-state index in [1.165, 1.54) is 198 Å². The van der Waals surface area contributed by atoms with Crippen LogP contribution in [0.3, 0.4) is 0 Å². The van der Waals surface area contributed by atoms with Crippen molar-refractivity contribution in [3.63, 3.8) is 0 Å². The van der Waals surface area contributed by atoms with E-state index in [9.17, 15) is 4.79 Å². The van der Waals surface area contributed by atoms with E-state index >= 15 is 0 Å². The quantitative estimate of drug-likeness (QED) is 0.0327. The lowest BCUT2D eigenvalue weighted by molar-refractivity contribution is -0.129. The molecule has 0 saturated carbocycles. The fourth-order valence-corrected chi connectivity index (χ4v) is 6.14. The number of rotatable bonds is 34. The Hall–Kier alpha value is -0.0900. The summed E-state index contributed by atoms with van der Waals surface area (Å²) < 4.78 is 0. The predicted octanol–water partition coefficient (Wildman–Crippen LogP) is 12.8. The summed E-state index contributed by atoms with van der Waals surface area (Å²) in [4.78, 5) is 10.9. The van der Waals surface area contributed by atoms with Crippen molar-refractivity contribution in [3.8, 4) is 0 Å². The molecule has 1 amide bonds. The average Bonchev–Trinajstić information content (AvgIpc) is 2.95. The van der Waals surface area contributed by atoms with Gasteiger partial charge in [-0.15, -0.1) is 0 Å². The van der Waals surface area contributed by atoms with Gasteiger partial charge in [0.05, 0.1) is 0 Å². The fourth-order valence-electron chi connectivity index (χ4n) is 5.74. The van der Waals surface area contributed by atoms with E-state index < -0.39 is 0 Å². The van der Waals surface area contributed by atoms with Crippen molar-refractivity contribution in [2.75, 3.05) is 5.33 Å². The number of carbonyl (C=O) groups excluding carboxylic acids is 1. The summed E-state index contributed by atoms with van der Waals surface area (Å²) in [5.41, 5.74) is 1.70. The summed E-state index contributed by atoms with van der Waals surface area (Å²) in [5, 5.41) is 9.63. The smallest absolute Gasteiger partial charge is 0.243 e. The zero-order chi connectivity index (χ0) is 28.3. The highest BCUT2D eigenvalue weighted by atomic mass is 79.9. The minimum atomic E-state index is -0.255. The molecular formula is C35H70BrNO2. The molecule has 4 heteroatoms. The van der Waals surface area contributed by atoms with E-state index in [2.05, 4.69) is 15.9 Å². The van der Waals surface area contributed by atoms with Gasteiger partial charge < -0.3 is 0 Å². The minimum Gasteiger partial charge on any atom is -0.289 e. The van der Waals surface area contributed by atoms with Crippen LogP contribution in [0.5, 0.6) is 0 Å². The number of amides is 1. The molecule has 0 bridgehead atoms. The van der Waals surface area contributed by atoms with Crippen molar-refractivity contribution in [2.45, 2.75) is 212 Å². The molecular weight excluding hydrogens is 546 g/mol. The summed E-state index contributed by atoms with van der Waals surface area (Å²) in [6.07, 6.45) is 45.4. The second-order valence-electron chi connectivity index (χ2n) is 12.3. The molecule has 0 radical (unpaired) electrons. The Morgan fingerprint density at radius 3 is 0.718 bits per heavy atom. The van der Waals surface area contributed by atoms with Crippen LogP contribution in [0.15, 0.2) is 0 Å². The highest BCUT2D eigenvalue weighted by Crippen LogP contribution is 2.17. The van der Waals surface area contributed by atoms with Crippen molar-refractivity contribution in [1.82, 2.24) is 5.48 Å². The molecule has 0 aromatic heterocycles. The van der Waals surface area contributed by atoms with E-state index in [1.54, 1.807) is 5.48 Å². The fraction of sp³-hybridized carbons (Fsp3) is 0.971. The molecule has 0 fully saturated rings. The largest absolute Gasteiger partial charge is 0.289 e. The molecule has 0 aliphatic heterocycles. The Kier molecular flexibility index (Phi) is 35.9. The number of hydrogen-bond donors (Lipinski definition) is 2. The molecule has 0 rings (SSSR count). The molecule has 0 unspecified atom stereocenters. The Labute approximate surface area is 253 Å². The van der Waals surface area contributed by atoms with Gasteiger partial charge in [0, 0.05) is 11.8 Å². The first-order chi connectivity index (χ1) is 19.3. The summed E-state index contributed by atoms with van der Waals surface area (Å²) in [5.74, 6) is -0.255. The zero-order valence-electron chi connectivity index (χ0n) is 26.3. The molecule has 0 aromatic carbocycles.